The molecule has 0 spiro atoms. The van der Waals surface area contributed by atoms with Gasteiger partial charge in [-0.05, 0) is 18.8 Å². The highest BCUT2D eigenvalue weighted by atomic mass is 16.7. The molecular weight excluding hydrogens is 158 g/mol. The average molecular weight is 171 g/mol. The highest BCUT2D eigenvalue weighted by Gasteiger charge is 2.40. The highest BCUT2D eigenvalue weighted by molar-refractivity contribution is 5.57. The van der Waals surface area contributed by atoms with E-state index in [-0.39, 0.29) is 6.23 Å². The molecule has 1 aliphatic carbocycles. The second kappa shape index (κ2) is 2.94. The van der Waals surface area contributed by atoms with Crippen molar-refractivity contribution >= 4 is 6.16 Å². The van der Waals surface area contributed by atoms with Crippen molar-refractivity contribution in [3.05, 3.63) is 0 Å². The van der Waals surface area contributed by atoms with E-state index in [1.807, 2.05) is 0 Å². The molecule has 4 nitrogen and oxygen atoms in total. The SMILES string of the molecule is O=C(O)O[C@H]1NCC2CCC[C@@H]21. The fourth-order valence-corrected chi connectivity index (χ4v) is 2.37. The Morgan fingerprint density at radius 1 is 1.50 bits per heavy atom. The zero-order valence-electron chi connectivity index (χ0n) is 6.82. The number of nitrogens with one attached hydrogen (secondary N) is 1. The number of carbonyl (C=O) groups is 1. The lowest BCUT2D eigenvalue weighted by molar-refractivity contribution is 0.0235. The summed E-state index contributed by atoms with van der Waals surface area (Å²) < 4.78 is 4.73. The molecule has 2 rings (SSSR count). The van der Waals surface area contributed by atoms with Gasteiger partial charge in [0.15, 0.2) is 6.23 Å². The average Bonchev–Trinajstić information content (AvgIpc) is 2.52. The van der Waals surface area contributed by atoms with Crippen LogP contribution in [-0.4, -0.2) is 24.0 Å². The van der Waals surface area contributed by atoms with E-state index in [1.165, 1.54) is 12.8 Å². The standard InChI is InChI=1S/C8H13NO3/c10-8(11)12-7-6-3-1-2-5(6)4-9-7/h5-7,9H,1-4H2,(H,10,11)/t5?,6-,7+/m0/s1. The normalized spacial score (nSPS) is 39.5. The molecule has 0 bridgehead atoms. The molecule has 4 heteroatoms. The monoisotopic (exact) mass is 171 g/mol. The quantitative estimate of drug-likeness (QED) is 0.578. The molecule has 0 amide bonds. The van der Waals surface area contributed by atoms with E-state index in [0.717, 1.165) is 13.0 Å². The molecule has 0 aromatic carbocycles. The van der Waals surface area contributed by atoms with E-state index in [1.54, 1.807) is 0 Å². The van der Waals surface area contributed by atoms with Gasteiger partial charge in [-0.15, -0.1) is 0 Å². The van der Waals surface area contributed by atoms with Gasteiger partial charge in [0.2, 0.25) is 0 Å². The van der Waals surface area contributed by atoms with Gasteiger partial charge in [0.25, 0.3) is 0 Å². The van der Waals surface area contributed by atoms with Crippen LogP contribution in [-0.2, 0) is 4.74 Å². The molecule has 1 unspecified atom stereocenters. The fraction of sp³-hybridized carbons (Fsp3) is 0.875. The second-order valence-electron chi connectivity index (χ2n) is 3.57. The van der Waals surface area contributed by atoms with Crippen molar-refractivity contribution < 1.29 is 14.6 Å². The van der Waals surface area contributed by atoms with Crippen molar-refractivity contribution in [1.82, 2.24) is 5.32 Å². The van der Waals surface area contributed by atoms with E-state index >= 15 is 0 Å². The van der Waals surface area contributed by atoms with E-state index < -0.39 is 6.16 Å². The summed E-state index contributed by atoms with van der Waals surface area (Å²) in [6, 6.07) is 0. The Labute approximate surface area is 70.9 Å². The van der Waals surface area contributed by atoms with Crippen LogP contribution in [0.1, 0.15) is 19.3 Å². The van der Waals surface area contributed by atoms with Crippen LogP contribution in [0, 0.1) is 11.8 Å². The van der Waals surface area contributed by atoms with Gasteiger partial charge in [-0.25, -0.2) is 4.79 Å². The Balaban J connectivity index is 1.95. The van der Waals surface area contributed by atoms with E-state index in [0.29, 0.717) is 11.8 Å². The topological polar surface area (TPSA) is 58.6 Å². The molecule has 0 radical (unpaired) electrons. The predicted molar refractivity (Wildman–Crippen MR) is 41.7 cm³/mol. The van der Waals surface area contributed by atoms with Gasteiger partial charge in [0.05, 0.1) is 0 Å². The zero-order chi connectivity index (χ0) is 8.55. The summed E-state index contributed by atoms with van der Waals surface area (Å²) in [6.07, 6.45) is 2.14. The van der Waals surface area contributed by atoms with E-state index in [2.05, 4.69) is 5.32 Å². The van der Waals surface area contributed by atoms with Crippen LogP contribution in [0.2, 0.25) is 0 Å². The highest BCUT2D eigenvalue weighted by Crippen LogP contribution is 2.37. The maximum atomic E-state index is 10.3. The Morgan fingerprint density at radius 3 is 3.08 bits per heavy atom. The molecule has 12 heavy (non-hydrogen) atoms. The van der Waals surface area contributed by atoms with Gasteiger partial charge in [0, 0.05) is 12.5 Å². The molecule has 2 aliphatic rings. The molecule has 68 valence electrons. The van der Waals surface area contributed by atoms with E-state index in [9.17, 15) is 4.79 Å². The lowest BCUT2D eigenvalue weighted by atomic mass is 9.99. The predicted octanol–water partition coefficient (Wildman–Crippen LogP) is 1.03. The van der Waals surface area contributed by atoms with Crippen LogP contribution in [0.4, 0.5) is 4.79 Å². The molecule has 1 heterocycles. The third-order valence-corrected chi connectivity index (χ3v) is 2.92. The molecule has 0 aromatic heterocycles. The Morgan fingerprint density at radius 2 is 2.33 bits per heavy atom. The van der Waals surface area contributed by atoms with Crippen LogP contribution in [0.15, 0.2) is 0 Å². The van der Waals surface area contributed by atoms with Crippen LogP contribution >= 0.6 is 0 Å². The Hall–Kier alpha value is -0.770. The van der Waals surface area contributed by atoms with Crippen molar-refractivity contribution in [3.63, 3.8) is 0 Å². The van der Waals surface area contributed by atoms with Gasteiger partial charge in [-0.1, -0.05) is 6.42 Å². The molecule has 2 fully saturated rings. The first-order chi connectivity index (χ1) is 5.77. The Bertz CT molecular complexity index is 195. The number of hydrogen-bond donors (Lipinski definition) is 2. The van der Waals surface area contributed by atoms with Crippen molar-refractivity contribution in [2.45, 2.75) is 25.5 Å². The molecule has 0 aromatic rings. The summed E-state index contributed by atoms with van der Waals surface area (Å²) in [7, 11) is 0. The van der Waals surface area contributed by atoms with Gasteiger partial charge >= 0.3 is 6.16 Å². The maximum Gasteiger partial charge on any atom is 0.507 e. The maximum absolute atomic E-state index is 10.3. The second-order valence-corrected chi connectivity index (χ2v) is 3.57. The lowest BCUT2D eigenvalue weighted by Crippen LogP contribution is -2.31. The summed E-state index contributed by atoms with van der Waals surface area (Å²) in [4.78, 5) is 10.3. The minimum atomic E-state index is -1.17. The van der Waals surface area contributed by atoms with Gasteiger partial charge < -0.3 is 9.84 Å². The first-order valence-electron chi connectivity index (χ1n) is 4.40. The van der Waals surface area contributed by atoms with Crippen LogP contribution in [0.25, 0.3) is 0 Å². The van der Waals surface area contributed by atoms with Crippen molar-refractivity contribution in [3.8, 4) is 0 Å². The third kappa shape index (κ3) is 1.27. The summed E-state index contributed by atoms with van der Waals surface area (Å²) in [5, 5.41) is 11.5. The minimum Gasteiger partial charge on any atom is -0.450 e. The molecule has 2 N–H and O–H groups in total. The van der Waals surface area contributed by atoms with Crippen molar-refractivity contribution in [2.75, 3.05) is 6.54 Å². The summed E-state index contributed by atoms with van der Waals surface area (Å²) in [5.41, 5.74) is 0. The number of hydrogen-bond acceptors (Lipinski definition) is 3. The van der Waals surface area contributed by atoms with Crippen LogP contribution in [0.5, 0.6) is 0 Å². The first kappa shape index (κ1) is 7.86. The zero-order valence-corrected chi connectivity index (χ0v) is 6.82. The minimum absolute atomic E-state index is 0.241. The fourth-order valence-electron chi connectivity index (χ4n) is 2.37. The van der Waals surface area contributed by atoms with Crippen molar-refractivity contribution in [1.29, 1.82) is 0 Å². The third-order valence-electron chi connectivity index (χ3n) is 2.92. The smallest absolute Gasteiger partial charge is 0.450 e. The number of rotatable bonds is 1. The molecule has 3 atom stereocenters. The first-order valence-corrected chi connectivity index (χ1v) is 4.40. The van der Waals surface area contributed by atoms with E-state index in [4.69, 9.17) is 9.84 Å². The largest absolute Gasteiger partial charge is 0.507 e. The number of fused-ring (bicyclic) bond motifs is 1. The summed E-state index contributed by atoms with van der Waals surface area (Å²) in [6.45, 7) is 0.919. The van der Waals surface area contributed by atoms with Gasteiger partial charge in [-0.3, -0.25) is 5.32 Å². The summed E-state index contributed by atoms with van der Waals surface area (Å²) in [5.74, 6) is 1.08. The molecule has 1 aliphatic heterocycles. The Kier molecular flexibility index (Phi) is 1.92. The number of ether oxygens (including phenoxy) is 1. The number of carboxylic acid groups (broad SMARTS) is 1. The lowest BCUT2D eigenvalue weighted by Gasteiger charge is -2.16. The molecular formula is C8H13NO3. The van der Waals surface area contributed by atoms with Crippen molar-refractivity contribution in [2.24, 2.45) is 11.8 Å². The van der Waals surface area contributed by atoms with Gasteiger partial charge in [-0.2, -0.15) is 0 Å². The molecule has 1 saturated carbocycles. The van der Waals surface area contributed by atoms with Crippen LogP contribution in [0.3, 0.4) is 0 Å². The summed E-state index contributed by atoms with van der Waals surface area (Å²) >= 11 is 0. The van der Waals surface area contributed by atoms with Crippen LogP contribution < -0.4 is 5.32 Å². The molecule has 1 saturated heterocycles. The van der Waals surface area contributed by atoms with Gasteiger partial charge in [0.1, 0.15) is 0 Å².